The zero-order chi connectivity index (χ0) is 16.9. The molecule has 0 fully saturated rings. The highest BCUT2D eigenvalue weighted by Gasteiger charge is 2.05. The monoisotopic (exact) mass is 401 g/mol. The second kappa shape index (κ2) is 7.73. The summed E-state index contributed by atoms with van der Waals surface area (Å²) in [5, 5.41) is 2.24. The number of amides is 1. The molecule has 3 aromatic rings. The highest BCUT2D eigenvalue weighted by molar-refractivity contribution is 9.10. The van der Waals surface area contributed by atoms with Gasteiger partial charge in [0.25, 0.3) is 5.91 Å². The summed E-state index contributed by atoms with van der Waals surface area (Å²) in [6.07, 6.45) is 0. The molecule has 0 heterocycles. The van der Waals surface area contributed by atoms with E-state index in [1.54, 1.807) is 0 Å². The predicted octanol–water partition coefficient (Wildman–Crippen LogP) is 5.11. The number of rotatable bonds is 5. The summed E-state index contributed by atoms with van der Waals surface area (Å²) in [7, 11) is 0. The Kier molecular flexibility index (Phi) is 5.43. The van der Waals surface area contributed by atoms with E-state index in [0.717, 1.165) is 25.7 Å². The first-order chi connectivity index (χ1) is 11.6. The highest BCUT2D eigenvalue weighted by atomic mass is 79.9. The lowest BCUT2D eigenvalue weighted by Gasteiger charge is -2.08. The molecule has 0 saturated carbocycles. The fourth-order valence-electron chi connectivity index (χ4n) is 2.31. The van der Waals surface area contributed by atoms with E-state index >= 15 is 0 Å². The minimum atomic E-state index is -0.175. The lowest BCUT2D eigenvalue weighted by Crippen LogP contribution is -2.23. The van der Waals surface area contributed by atoms with Gasteiger partial charge in [-0.25, -0.2) is 0 Å². The van der Waals surface area contributed by atoms with Gasteiger partial charge in [-0.2, -0.15) is 0 Å². The SMILES string of the molecule is Cc1cc(Br)cc(SNC(=O)COc2ccc3ccccc3c2)c1. The van der Waals surface area contributed by atoms with Crippen molar-refractivity contribution in [3.05, 3.63) is 70.7 Å². The van der Waals surface area contributed by atoms with E-state index in [1.165, 1.54) is 11.9 Å². The van der Waals surface area contributed by atoms with Crippen LogP contribution in [0.3, 0.4) is 0 Å². The summed E-state index contributed by atoms with van der Waals surface area (Å²) in [6, 6.07) is 19.8. The number of aryl methyl sites for hydroxylation is 1. The lowest BCUT2D eigenvalue weighted by molar-refractivity contribution is -0.121. The van der Waals surface area contributed by atoms with E-state index in [9.17, 15) is 4.79 Å². The van der Waals surface area contributed by atoms with Gasteiger partial charge in [-0.05, 0) is 65.5 Å². The maximum atomic E-state index is 12.0. The molecule has 1 N–H and O–H groups in total. The lowest BCUT2D eigenvalue weighted by atomic mass is 10.1. The van der Waals surface area contributed by atoms with Crippen LogP contribution in [0.4, 0.5) is 0 Å². The van der Waals surface area contributed by atoms with Crippen LogP contribution in [-0.2, 0) is 4.79 Å². The van der Waals surface area contributed by atoms with Crippen LogP contribution < -0.4 is 9.46 Å². The Morgan fingerprint density at radius 2 is 1.88 bits per heavy atom. The van der Waals surface area contributed by atoms with Gasteiger partial charge in [0.1, 0.15) is 5.75 Å². The zero-order valence-corrected chi connectivity index (χ0v) is 15.5. The zero-order valence-electron chi connectivity index (χ0n) is 13.1. The third-order valence-corrected chi connectivity index (χ3v) is 4.65. The molecule has 3 rings (SSSR count). The van der Waals surface area contributed by atoms with Crippen LogP contribution in [0.2, 0.25) is 0 Å². The quantitative estimate of drug-likeness (QED) is 0.603. The minimum Gasteiger partial charge on any atom is -0.484 e. The van der Waals surface area contributed by atoms with Crippen LogP contribution in [0.1, 0.15) is 5.56 Å². The van der Waals surface area contributed by atoms with Crippen molar-refractivity contribution in [2.24, 2.45) is 0 Å². The normalized spacial score (nSPS) is 10.6. The average molecular weight is 402 g/mol. The number of ether oxygens (including phenoxy) is 1. The van der Waals surface area contributed by atoms with Gasteiger partial charge in [-0.15, -0.1) is 0 Å². The number of benzene rings is 3. The second-order valence-corrected chi connectivity index (χ2v) is 7.18. The van der Waals surface area contributed by atoms with Crippen molar-refractivity contribution in [1.29, 1.82) is 0 Å². The van der Waals surface area contributed by atoms with E-state index in [1.807, 2.05) is 67.6 Å². The predicted molar refractivity (Wildman–Crippen MR) is 102 cm³/mol. The molecule has 1 amide bonds. The third-order valence-electron chi connectivity index (χ3n) is 3.39. The summed E-state index contributed by atoms with van der Waals surface area (Å²) >= 11 is 4.74. The summed E-state index contributed by atoms with van der Waals surface area (Å²) in [4.78, 5) is 12.9. The number of fused-ring (bicyclic) bond motifs is 1. The summed E-state index contributed by atoms with van der Waals surface area (Å²) < 4.78 is 9.36. The first kappa shape index (κ1) is 16.9. The van der Waals surface area contributed by atoms with Gasteiger partial charge in [0, 0.05) is 9.37 Å². The first-order valence-electron chi connectivity index (χ1n) is 7.45. The number of carbonyl (C=O) groups excluding carboxylic acids is 1. The Balaban J connectivity index is 1.54. The molecule has 0 aliphatic carbocycles. The first-order valence-corrected chi connectivity index (χ1v) is 9.05. The van der Waals surface area contributed by atoms with Crippen LogP contribution in [0.15, 0.2) is 70.0 Å². The van der Waals surface area contributed by atoms with Crippen LogP contribution in [0.5, 0.6) is 5.75 Å². The number of halogens is 1. The summed E-state index contributed by atoms with van der Waals surface area (Å²) in [5.41, 5.74) is 1.13. The van der Waals surface area contributed by atoms with E-state index < -0.39 is 0 Å². The van der Waals surface area contributed by atoms with Crippen molar-refractivity contribution in [2.75, 3.05) is 6.61 Å². The van der Waals surface area contributed by atoms with Crippen LogP contribution in [-0.4, -0.2) is 12.5 Å². The maximum absolute atomic E-state index is 12.0. The molecule has 0 aliphatic heterocycles. The van der Waals surface area contributed by atoms with Gasteiger partial charge in [0.05, 0.1) is 0 Å². The number of hydrogen-bond donors (Lipinski definition) is 1. The van der Waals surface area contributed by atoms with Crippen molar-refractivity contribution in [2.45, 2.75) is 11.8 Å². The Bertz CT molecular complexity index is 862. The van der Waals surface area contributed by atoms with Crippen molar-refractivity contribution in [1.82, 2.24) is 4.72 Å². The van der Waals surface area contributed by atoms with Crippen molar-refractivity contribution in [3.63, 3.8) is 0 Å². The van der Waals surface area contributed by atoms with Crippen molar-refractivity contribution >= 4 is 44.6 Å². The van der Waals surface area contributed by atoms with E-state index in [4.69, 9.17) is 4.74 Å². The van der Waals surface area contributed by atoms with Crippen LogP contribution in [0, 0.1) is 6.92 Å². The fraction of sp³-hybridized carbons (Fsp3) is 0.105. The van der Waals surface area contributed by atoms with E-state index in [0.29, 0.717) is 5.75 Å². The van der Waals surface area contributed by atoms with Gasteiger partial charge in [0.15, 0.2) is 6.61 Å². The molecule has 122 valence electrons. The van der Waals surface area contributed by atoms with Gasteiger partial charge in [0.2, 0.25) is 0 Å². The molecular formula is C19H16BrNO2S. The summed E-state index contributed by atoms with van der Waals surface area (Å²) in [5.74, 6) is 0.512. The Labute approximate surface area is 153 Å². The molecule has 0 saturated heterocycles. The molecule has 0 spiro atoms. The molecule has 0 aliphatic rings. The van der Waals surface area contributed by atoms with Crippen molar-refractivity contribution in [3.8, 4) is 5.75 Å². The minimum absolute atomic E-state index is 0.0156. The van der Waals surface area contributed by atoms with Gasteiger partial charge >= 0.3 is 0 Å². The molecule has 0 atom stereocenters. The molecule has 0 bridgehead atoms. The molecule has 3 nitrogen and oxygen atoms in total. The smallest absolute Gasteiger partial charge is 0.267 e. The molecular weight excluding hydrogens is 386 g/mol. The molecule has 3 aromatic carbocycles. The molecule has 0 unspecified atom stereocenters. The second-order valence-electron chi connectivity index (χ2n) is 5.39. The standard InChI is InChI=1S/C19H16BrNO2S/c1-13-8-16(20)11-18(9-13)24-21-19(22)12-23-17-7-6-14-4-2-3-5-15(14)10-17/h2-11H,12H2,1H3,(H,21,22). The Morgan fingerprint density at radius 1 is 1.08 bits per heavy atom. The topological polar surface area (TPSA) is 38.3 Å². The largest absolute Gasteiger partial charge is 0.484 e. The molecule has 0 aromatic heterocycles. The highest BCUT2D eigenvalue weighted by Crippen LogP contribution is 2.23. The van der Waals surface area contributed by atoms with E-state index in [2.05, 4.69) is 20.7 Å². The maximum Gasteiger partial charge on any atom is 0.267 e. The molecule has 24 heavy (non-hydrogen) atoms. The third kappa shape index (κ3) is 4.52. The Hall–Kier alpha value is -1.98. The van der Waals surface area contributed by atoms with Crippen LogP contribution in [0.25, 0.3) is 10.8 Å². The van der Waals surface area contributed by atoms with Gasteiger partial charge < -0.3 is 4.74 Å². The van der Waals surface area contributed by atoms with Crippen molar-refractivity contribution < 1.29 is 9.53 Å². The number of carbonyl (C=O) groups is 1. The number of nitrogens with one attached hydrogen (secondary N) is 1. The Morgan fingerprint density at radius 3 is 2.67 bits per heavy atom. The van der Waals surface area contributed by atoms with Gasteiger partial charge in [-0.3, -0.25) is 9.52 Å². The van der Waals surface area contributed by atoms with E-state index in [-0.39, 0.29) is 12.5 Å². The summed E-state index contributed by atoms with van der Waals surface area (Å²) in [6.45, 7) is 2.00. The number of hydrogen-bond acceptors (Lipinski definition) is 3. The van der Waals surface area contributed by atoms with Gasteiger partial charge in [-0.1, -0.05) is 46.3 Å². The molecule has 0 radical (unpaired) electrons. The molecule has 5 heteroatoms. The fourth-order valence-corrected chi connectivity index (χ4v) is 3.79. The average Bonchev–Trinajstić information content (AvgIpc) is 2.57. The van der Waals surface area contributed by atoms with Crippen LogP contribution >= 0.6 is 27.9 Å².